The first-order chi connectivity index (χ1) is 7.50. The zero-order valence-corrected chi connectivity index (χ0v) is 8.56. The van der Waals surface area contributed by atoms with Gasteiger partial charge >= 0.3 is 5.97 Å². The van der Waals surface area contributed by atoms with Crippen LogP contribution in [0.5, 0.6) is 0 Å². The van der Waals surface area contributed by atoms with Gasteiger partial charge in [-0.1, -0.05) is 6.07 Å². The Morgan fingerprint density at radius 1 is 1.38 bits per heavy atom. The number of benzene rings is 1. The van der Waals surface area contributed by atoms with Crippen LogP contribution in [-0.4, -0.2) is 34.8 Å². The molecule has 0 spiro atoms. The van der Waals surface area contributed by atoms with Crippen molar-refractivity contribution in [1.82, 2.24) is 4.90 Å². The predicted molar refractivity (Wildman–Crippen MR) is 54.2 cm³/mol. The van der Waals surface area contributed by atoms with Gasteiger partial charge in [-0.25, -0.2) is 4.79 Å². The molecule has 1 heterocycles. The van der Waals surface area contributed by atoms with Crippen LogP contribution in [0.25, 0.3) is 0 Å². The molecular weight excluding hydrogens is 210 g/mol. The Bertz CT molecular complexity index is 507. The van der Waals surface area contributed by atoms with Crippen LogP contribution in [0.1, 0.15) is 26.3 Å². The fourth-order valence-electron chi connectivity index (χ4n) is 1.64. The van der Waals surface area contributed by atoms with Crippen molar-refractivity contribution < 1.29 is 19.5 Å². The summed E-state index contributed by atoms with van der Waals surface area (Å²) in [4.78, 5) is 34.8. The molecule has 1 aromatic carbocycles. The molecule has 0 aliphatic carbocycles. The number of carboxylic acids is 1. The monoisotopic (exact) mass is 219 g/mol. The van der Waals surface area contributed by atoms with E-state index >= 15 is 0 Å². The van der Waals surface area contributed by atoms with Gasteiger partial charge in [0.2, 0.25) is 5.91 Å². The van der Waals surface area contributed by atoms with Crippen LogP contribution < -0.4 is 0 Å². The van der Waals surface area contributed by atoms with Crippen molar-refractivity contribution in [2.24, 2.45) is 0 Å². The van der Waals surface area contributed by atoms with Gasteiger partial charge in [0.1, 0.15) is 0 Å². The predicted octanol–water partition coefficient (Wildman–Crippen LogP) is 0.539. The molecule has 2 amide bonds. The van der Waals surface area contributed by atoms with E-state index in [0.717, 1.165) is 4.90 Å². The van der Waals surface area contributed by atoms with Crippen LogP contribution in [0.15, 0.2) is 18.2 Å². The summed E-state index contributed by atoms with van der Waals surface area (Å²) in [6.45, 7) is 0. The van der Waals surface area contributed by atoms with E-state index in [2.05, 4.69) is 0 Å². The maximum atomic E-state index is 11.7. The van der Waals surface area contributed by atoms with E-state index in [1.807, 2.05) is 0 Å². The van der Waals surface area contributed by atoms with E-state index in [1.54, 1.807) is 0 Å². The molecule has 16 heavy (non-hydrogen) atoms. The minimum absolute atomic E-state index is 0.0508. The van der Waals surface area contributed by atoms with Crippen LogP contribution in [-0.2, 0) is 11.2 Å². The summed E-state index contributed by atoms with van der Waals surface area (Å²) in [6.07, 6.45) is 0.136. The van der Waals surface area contributed by atoms with E-state index in [1.165, 1.54) is 25.2 Å². The van der Waals surface area contributed by atoms with Crippen molar-refractivity contribution >= 4 is 17.8 Å². The Hall–Kier alpha value is -2.17. The van der Waals surface area contributed by atoms with Gasteiger partial charge < -0.3 is 5.11 Å². The maximum absolute atomic E-state index is 11.7. The van der Waals surface area contributed by atoms with Crippen molar-refractivity contribution in [2.45, 2.75) is 6.42 Å². The number of imide groups is 1. The Morgan fingerprint density at radius 3 is 2.69 bits per heavy atom. The van der Waals surface area contributed by atoms with Crippen molar-refractivity contribution in [3.05, 3.63) is 34.9 Å². The number of amides is 2. The minimum atomic E-state index is -1.09. The molecule has 0 bridgehead atoms. The molecule has 0 unspecified atom stereocenters. The zero-order chi connectivity index (χ0) is 11.9. The minimum Gasteiger partial charge on any atom is -0.478 e. The highest BCUT2D eigenvalue weighted by Crippen LogP contribution is 2.20. The molecule has 0 saturated carbocycles. The molecule has 1 N–H and O–H groups in total. The summed E-state index contributed by atoms with van der Waals surface area (Å²) in [5.41, 5.74) is 0.926. The molecule has 1 aromatic rings. The quantitative estimate of drug-likeness (QED) is 0.699. The fourth-order valence-corrected chi connectivity index (χ4v) is 1.64. The molecule has 2 rings (SSSR count). The highest BCUT2D eigenvalue weighted by atomic mass is 16.4. The smallest absolute Gasteiger partial charge is 0.335 e. The molecule has 0 aromatic heterocycles. The number of likely N-dealkylation sites (N-methyl/N-ethyl adjacent to an activating group) is 1. The molecule has 1 aliphatic heterocycles. The zero-order valence-electron chi connectivity index (χ0n) is 8.56. The second kappa shape index (κ2) is 3.44. The first kappa shape index (κ1) is 10.4. The number of hydrogen-bond donors (Lipinski definition) is 1. The average molecular weight is 219 g/mol. The molecular formula is C11H9NO4. The number of rotatable bonds is 1. The molecule has 82 valence electrons. The van der Waals surface area contributed by atoms with E-state index in [4.69, 9.17) is 5.11 Å². The topological polar surface area (TPSA) is 74.7 Å². The molecule has 0 atom stereocenters. The van der Waals surface area contributed by atoms with Gasteiger partial charge in [-0.05, 0) is 17.7 Å². The molecule has 0 saturated heterocycles. The van der Waals surface area contributed by atoms with E-state index in [-0.39, 0.29) is 17.9 Å². The third kappa shape index (κ3) is 1.46. The van der Waals surface area contributed by atoms with Gasteiger partial charge in [0.15, 0.2) is 0 Å². The van der Waals surface area contributed by atoms with E-state index in [0.29, 0.717) is 11.1 Å². The van der Waals surface area contributed by atoms with Crippen LogP contribution in [0.3, 0.4) is 0 Å². The van der Waals surface area contributed by atoms with Gasteiger partial charge in [-0.3, -0.25) is 14.5 Å². The number of fused-ring (bicyclic) bond motifs is 1. The van der Waals surface area contributed by atoms with E-state index < -0.39 is 11.9 Å². The summed E-state index contributed by atoms with van der Waals surface area (Å²) < 4.78 is 0. The Kier molecular flexibility index (Phi) is 2.23. The Morgan fingerprint density at radius 2 is 2.06 bits per heavy atom. The Labute approximate surface area is 91.3 Å². The highest BCUT2D eigenvalue weighted by molar-refractivity contribution is 6.10. The summed E-state index contributed by atoms with van der Waals surface area (Å²) in [5, 5.41) is 8.80. The lowest BCUT2D eigenvalue weighted by Gasteiger charge is -2.23. The van der Waals surface area contributed by atoms with Crippen LogP contribution in [0.2, 0.25) is 0 Å². The number of carbonyl (C=O) groups excluding carboxylic acids is 2. The van der Waals surface area contributed by atoms with Gasteiger partial charge in [-0.2, -0.15) is 0 Å². The maximum Gasteiger partial charge on any atom is 0.335 e. The van der Waals surface area contributed by atoms with Gasteiger partial charge in [0, 0.05) is 12.6 Å². The first-order valence-corrected chi connectivity index (χ1v) is 4.68. The van der Waals surface area contributed by atoms with Crippen molar-refractivity contribution in [3.63, 3.8) is 0 Å². The molecule has 0 fully saturated rings. The third-order valence-electron chi connectivity index (χ3n) is 2.61. The molecule has 5 heteroatoms. The lowest BCUT2D eigenvalue weighted by Crippen LogP contribution is -2.39. The number of carbonyl (C=O) groups is 3. The third-order valence-corrected chi connectivity index (χ3v) is 2.61. The van der Waals surface area contributed by atoms with Crippen molar-refractivity contribution in [1.29, 1.82) is 0 Å². The molecule has 0 radical (unpaired) electrons. The van der Waals surface area contributed by atoms with Crippen LogP contribution >= 0.6 is 0 Å². The standard InChI is InChI=1S/C11H9NO4/c1-12-9(13)5-6-2-3-7(11(15)16)4-8(6)10(12)14/h2-4H,5H2,1H3,(H,15,16). The summed E-state index contributed by atoms with van der Waals surface area (Å²) >= 11 is 0. The van der Waals surface area contributed by atoms with Crippen LogP contribution in [0.4, 0.5) is 0 Å². The average Bonchev–Trinajstić information content (AvgIpc) is 2.25. The lowest BCUT2D eigenvalue weighted by molar-refractivity contribution is -0.127. The van der Waals surface area contributed by atoms with Crippen LogP contribution in [0, 0.1) is 0 Å². The van der Waals surface area contributed by atoms with E-state index in [9.17, 15) is 14.4 Å². The second-order valence-corrected chi connectivity index (χ2v) is 3.61. The molecule has 1 aliphatic rings. The van der Waals surface area contributed by atoms with Gasteiger partial charge in [0.05, 0.1) is 12.0 Å². The SMILES string of the molecule is CN1C(=O)Cc2ccc(C(=O)O)cc2C1=O. The fraction of sp³-hybridized carbons (Fsp3) is 0.182. The highest BCUT2D eigenvalue weighted by Gasteiger charge is 2.28. The second-order valence-electron chi connectivity index (χ2n) is 3.61. The Balaban J connectivity index is 2.55. The number of aromatic carboxylic acids is 1. The number of hydrogen-bond acceptors (Lipinski definition) is 3. The molecule has 5 nitrogen and oxygen atoms in total. The summed E-state index contributed by atoms with van der Waals surface area (Å²) in [5.74, 6) is -1.81. The number of nitrogens with zero attached hydrogens (tertiary/aromatic N) is 1. The van der Waals surface area contributed by atoms with Gasteiger partial charge in [-0.15, -0.1) is 0 Å². The van der Waals surface area contributed by atoms with Gasteiger partial charge in [0.25, 0.3) is 5.91 Å². The first-order valence-electron chi connectivity index (χ1n) is 4.68. The largest absolute Gasteiger partial charge is 0.478 e. The summed E-state index contributed by atoms with van der Waals surface area (Å²) in [7, 11) is 1.39. The number of carboxylic acid groups (broad SMARTS) is 1. The van der Waals surface area contributed by atoms with Crippen molar-refractivity contribution in [3.8, 4) is 0 Å². The normalized spacial score (nSPS) is 14.9. The van der Waals surface area contributed by atoms with Crippen molar-refractivity contribution in [2.75, 3.05) is 7.05 Å². The summed E-state index contributed by atoms with van der Waals surface area (Å²) in [6, 6.07) is 4.22. The lowest BCUT2D eigenvalue weighted by atomic mass is 9.96.